The molecule has 1 rings (SSSR count). The van der Waals surface area contributed by atoms with E-state index in [2.05, 4.69) is 4.98 Å². The van der Waals surface area contributed by atoms with E-state index in [0.717, 1.165) is 5.01 Å². The summed E-state index contributed by atoms with van der Waals surface area (Å²) in [5, 5.41) is 11.0. The van der Waals surface area contributed by atoms with Gasteiger partial charge in [-0.05, 0) is 0 Å². The summed E-state index contributed by atoms with van der Waals surface area (Å²) < 4.78 is 0. The average molecular weight is 131 g/mol. The fourth-order valence-corrected chi connectivity index (χ4v) is 0.806. The predicted molar refractivity (Wildman–Crippen MR) is 34.8 cm³/mol. The molecular weight excluding hydrogens is 122 g/mol. The van der Waals surface area contributed by atoms with Crippen LogP contribution in [0.2, 0.25) is 0 Å². The summed E-state index contributed by atoms with van der Waals surface area (Å²) in [5.74, 6) is 0. The van der Waals surface area contributed by atoms with E-state index in [9.17, 15) is 0 Å². The highest BCUT2D eigenvalue weighted by Crippen LogP contribution is 2.01. The van der Waals surface area contributed by atoms with Gasteiger partial charge in [0.15, 0.2) is 0 Å². The third-order valence-corrected chi connectivity index (χ3v) is 1.38. The first-order chi connectivity index (χ1) is 3.43. The second-order valence-electron chi connectivity index (χ2n) is 1.08. The molecule has 8 heavy (non-hydrogen) atoms. The Labute approximate surface area is 52.8 Å². The van der Waals surface area contributed by atoms with E-state index in [1.165, 1.54) is 11.3 Å². The Bertz CT molecular complexity index is 127. The van der Waals surface area contributed by atoms with Crippen LogP contribution in [0, 0.1) is 0 Å². The van der Waals surface area contributed by atoms with Crippen LogP contribution in [0.25, 0.3) is 0 Å². The summed E-state index contributed by atoms with van der Waals surface area (Å²) in [7, 11) is 0. The normalized spacial score (nSPS) is 8.12. The molecule has 1 heterocycles. The van der Waals surface area contributed by atoms with Crippen molar-refractivity contribution in [2.24, 2.45) is 0 Å². The van der Waals surface area contributed by atoms with E-state index in [1.807, 2.05) is 5.38 Å². The predicted octanol–water partition coefficient (Wildman–Crippen LogP) is 1.27. The minimum absolute atomic E-state index is 0. The molecule has 0 aliphatic heterocycles. The Morgan fingerprint density at radius 2 is 2.50 bits per heavy atom. The summed E-state index contributed by atoms with van der Waals surface area (Å²) in [6, 6.07) is 0. The molecule has 0 atom stereocenters. The lowest BCUT2D eigenvalue weighted by Crippen LogP contribution is -1.75. The third kappa shape index (κ3) is 1.60. The van der Waals surface area contributed by atoms with E-state index < -0.39 is 0 Å². The zero-order valence-electron chi connectivity index (χ0n) is 3.66. The van der Waals surface area contributed by atoms with E-state index in [0.29, 0.717) is 0 Å². The van der Waals surface area contributed by atoms with Gasteiger partial charge in [-0.1, -0.05) is 7.43 Å². The molecule has 0 saturated carbocycles. The maximum Gasteiger partial charge on any atom is 0.118 e. The Morgan fingerprint density at radius 1 is 1.75 bits per heavy atom. The molecule has 1 aromatic rings. The number of thiazole rings is 1. The average Bonchev–Trinajstić information content (AvgIpc) is 2.14. The molecule has 1 aromatic heterocycles. The number of aromatic nitrogens is 1. The lowest BCUT2D eigenvalue weighted by atomic mass is 10.8. The highest BCUT2D eigenvalue weighted by Gasteiger charge is 1.85. The molecule has 46 valence electrons. The Kier molecular flexibility index (Phi) is 3.39. The molecule has 0 aliphatic carbocycles. The number of rotatable bonds is 1. The first-order valence-electron chi connectivity index (χ1n) is 1.92. The van der Waals surface area contributed by atoms with Crippen molar-refractivity contribution < 1.29 is 5.11 Å². The second-order valence-corrected chi connectivity index (χ2v) is 2.06. The summed E-state index contributed by atoms with van der Waals surface area (Å²) in [4.78, 5) is 3.80. The maximum atomic E-state index is 8.37. The van der Waals surface area contributed by atoms with Gasteiger partial charge < -0.3 is 5.11 Å². The molecule has 0 radical (unpaired) electrons. The fraction of sp³-hybridized carbons (Fsp3) is 0.400. The van der Waals surface area contributed by atoms with Crippen LogP contribution in [0.1, 0.15) is 12.4 Å². The van der Waals surface area contributed by atoms with Crippen molar-refractivity contribution in [1.29, 1.82) is 0 Å². The van der Waals surface area contributed by atoms with Crippen molar-refractivity contribution >= 4 is 11.3 Å². The molecule has 0 bridgehead atoms. The molecule has 0 spiro atoms. The van der Waals surface area contributed by atoms with Gasteiger partial charge in [-0.2, -0.15) is 0 Å². The van der Waals surface area contributed by atoms with Crippen LogP contribution < -0.4 is 0 Å². The van der Waals surface area contributed by atoms with Gasteiger partial charge in [-0.15, -0.1) is 11.3 Å². The molecule has 0 saturated heterocycles. The maximum absolute atomic E-state index is 8.37. The highest BCUT2D eigenvalue weighted by molar-refractivity contribution is 7.09. The minimum atomic E-state index is 0. The Morgan fingerprint density at radius 3 is 2.75 bits per heavy atom. The molecular formula is C5H9NOS. The van der Waals surface area contributed by atoms with Gasteiger partial charge in [0, 0.05) is 11.6 Å². The first kappa shape index (κ1) is 7.59. The molecule has 1 N–H and O–H groups in total. The van der Waals surface area contributed by atoms with Crippen molar-refractivity contribution in [2.45, 2.75) is 14.0 Å². The van der Waals surface area contributed by atoms with Crippen LogP contribution >= 0.6 is 11.3 Å². The fourth-order valence-electron chi connectivity index (χ4n) is 0.331. The standard InChI is InChI=1S/C4H5NOS.CH4/c6-3-4-5-1-2-7-4;/h1-2,6H,3H2;1H4. The highest BCUT2D eigenvalue weighted by atomic mass is 32.1. The minimum Gasteiger partial charge on any atom is -0.389 e. The van der Waals surface area contributed by atoms with E-state index >= 15 is 0 Å². The van der Waals surface area contributed by atoms with E-state index in [4.69, 9.17) is 5.11 Å². The van der Waals surface area contributed by atoms with Crippen molar-refractivity contribution in [3.63, 3.8) is 0 Å². The summed E-state index contributed by atoms with van der Waals surface area (Å²) in [6.45, 7) is 0.0671. The number of nitrogens with zero attached hydrogens (tertiary/aromatic N) is 1. The number of aliphatic hydroxyl groups is 1. The number of aliphatic hydroxyl groups excluding tert-OH is 1. The molecule has 0 amide bonds. The van der Waals surface area contributed by atoms with E-state index in [-0.39, 0.29) is 14.0 Å². The third-order valence-electron chi connectivity index (χ3n) is 0.619. The van der Waals surface area contributed by atoms with Crippen LogP contribution in [0.3, 0.4) is 0 Å². The summed E-state index contributed by atoms with van der Waals surface area (Å²) in [6.07, 6.45) is 1.68. The van der Waals surface area contributed by atoms with Crippen LogP contribution in [0.4, 0.5) is 0 Å². The molecule has 2 nitrogen and oxygen atoms in total. The van der Waals surface area contributed by atoms with Crippen LogP contribution in [0.5, 0.6) is 0 Å². The Hall–Kier alpha value is -0.410. The van der Waals surface area contributed by atoms with Gasteiger partial charge >= 0.3 is 0 Å². The quantitative estimate of drug-likeness (QED) is 0.622. The Balaban J connectivity index is 0.000000490. The van der Waals surface area contributed by atoms with Gasteiger partial charge in [0.2, 0.25) is 0 Å². The molecule has 0 fully saturated rings. The SMILES string of the molecule is C.OCc1nccs1. The lowest BCUT2D eigenvalue weighted by Gasteiger charge is -1.77. The molecule has 0 aliphatic rings. The summed E-state index contributed by atoms with van der Waals surface area (Å²) >= 11 is 1.46. The van der Waals surface area contributed by atoms with Crippen molar-refractivity contribution in [2.75, 3.05) is 0 Å². The number of hydrogen-bond donors (Lipinski definition) is 1. The number of hydrogen-bond acceptors (Lipinski definition) is 3. The van der Waals surface area contributed by atoms with Crippen LogP contribution in [-0.2, 0) is 6.61 Å². The van der Waals surface area contributed by atoms with Gasteiger partial charge in [-0.3, -0.25) is 0 Å². The molecule has 0 aromatic carbocycles. The van der Waals surface area contributed by atoms with Crippen LogP contribution in [-0.4, -0.2) is 10.1 Å². The first-order valence-corrected chi connectivity index (χ1v) is 2.80. The van der Waals surface area contributed by atoms with E-state index in [1.54, 1.807) is 6.20 Å². The van der Waals surface area contributed by atoms with Crippen LogP contribution in [0.15, 0.2) is 11.6 Å². The summed E-state index contributed by atoms with van der Waals surface area (Å²) in [5.41, 5.74) is 0. The molecule has 3 heteroatoms. The van der Waals surface area contributed by atoms with Gasteiger partial charge in [-0.25, -0.2) is 4.98 Å². The smallest absolute Gasteiger partial charge is 0.118 e. The van der Waals surface area contributed by atoms with Gasteiger partial charge in [0.25, 0.3) is 0 Å². The van der Waals surface area contributed by atoms with Crippen molar-refractivity contribution in [3.8, 4) is 0 Å². The topological polar surface area (TPSA) is 33.1 Å². The zero-order valence-corrected chi connectivity index (χ0v) is 4.48. The molecule has 0 unspecified atom stereocenters. The monoisotopic (exact) mass is 131 g/mol. The largest absolute Gasteiger partial charge is 0.389 e. The van der Waals surface area contributed by atoms with Gasteiger partial charge in [0.1, 0.15) is 5.01 Å². The van der Waals surface area contributed by atoms with Gasteiger partial charge in [0.05, 0.1) is 6.61 Å². The zero-order chi connectivity index (χ0) is 5.11. The second kappa shape index (κ2) is 3.57. The van der Waals surface area contributed by atoms with Crippen molar-refractivity contribution in [3.05, 3.63) is 16.6 Å². The lowest BCUT2D eigenvalue weighted by molar-refractivity contribution is 0.281. The van der Waals surface area contributed by atoms with Crippen molar-refractivity contribution in [1.82, 2.24) is 4.98 Å².